The van der Waals surface area contributed by atoms with E-state index >= 15 is 0 Å². The summed E-state index contributed by atoms with van der Waals surface area (Å²) in [6.07, 6.45) is 0. The van der Waals surface area contributed by atoms with E-state index in [-0.39, 0.29) is 17.8 Å². The molecule has 0 heterocycles. The van der Waals surface area contributed by atoms with Gasteiger partial charge < -0.3 is 14.5 Å². The average Bonchev–Trinajstić information content (AvgIpc) is 2.49. The van der Waals surface area contributed by atoms with Gasteiger partial charge in [-0.05, 0) is 32.3 Å². The lowest BCUT2D eigenvalue weighted by Gasteiger charge is -2.26. The molecule has 122 valence electrons. The van der Waals surface area contributed by atoms with Crippen LogP contribution in [0, 0.1) is 5.92 Å². The number of esters is 1. The zero-order chi connectivity index (χ0) is 16.7. The third-order valence-electron chi connectivity index (χ3n) is 3.27. The first kappa shape index (κ1) is 18.6. The van der Waals surface area contributed by atoms with Crippen molar-refractivity contribution in [3.8, 4) is 0 Å². The third kappa shape index (κ3) is 5.77. The third-order valence-corrected chi connectivity index (χ3v) is 3.77. The van der Waals surface area contributed by atoms with Gasteiger partial charge in [-0.15, -0.1) is 0 Å². The van der Waals surface area contributed by atoms with E-state index in [9.17, 15) is 9.59 Å². The van der Waals surface area contributed by atoms with Crippen molar-refractivity contribution < 1.29 is 14.3 Å². The Bertz CT molecular complexity index is 520. The maximum Gasteiger partial charge on any atom is 0.310 e. The number of likely N-dealkylation sites (N-methyl/N-ethyl adjacent to an activating group) is 1. The van der Waals surface area contributed by atoms with Crippen LogP contribution in [0.4, 0.5) is 0 Å². The van der Waals surface area contributed by atoms with Crippen LogP contribution in [-0.4, -0.2) is 62.5 Å². The van der Waals surface area contributed by atoms with E-state index in [0.29, 0.717) is 18.7 Å². The SMILES string of the molecule is COC(=O)C(C)CN(CCN(C)C)C(=O)c1cccc(Br)c1. The maximum atomic E-state index is 12.7. The highest BCUT2D eigenvalue weighted by atomic mass is 79.9. The fourth-order valence-electron chi connectivity index (χ4n) is 2.01. The van der Waals surface area contributed by atoms with Crippen LogP contribution in [0.3, 0.4) is 0 Å². The molecule has 0 N–H and O–H groups in total. The van der Waals surface area contributed by atoms with Crippen LogP contribution < -0.4 is 0 Å². The molecule has 1 rings (SSSR count). The minimum absolute atomic E-state index is 0.0843. The van der Waals surface area contributed by atoms with E-state index in [1.54, 1.807) is 24.0 Å². The lowest BCUT2D eigenvalue weighted by Crippen LogP contribution is -2.41. The molecule has 1 aromatic carbocycles. The molecule has 22 heavy (non-hydrogen) atoms. The van der Waals surface area contributed by atoms with Gasteiger partial charge in [-0.1, -0.05) is 28.9 Å². The van der Waals surface area contributed by atoms with Gasteiger partial charge in [0.05, 0.1) is 13.0 Å². The highest BCUT2D eigenvalue weighted by Gasteiger charge is 2.22. The highest BCUT2D eigenvalue weighted by Crippen LogP contribution is 2.15. The van der Waals surface area contributed by atoms with E-state index < -0.39 is 0 Å². The molecule has 1 atom stereocenters. The molecule has 0 bridgehead atoms. The van der Waals surface area contributed by atoms with Crippen molar-refractivity contribution in [1.82, 2.24) is 9.80 Å². The van der Waals surface area contributed by atoms with Gasteiger partial charge in [0, 0.05) is 29.7 Å². The molecule has 0 radical (unpaired) electrons. The summed E-state index contributed by atoms with van der Waals surface area (Å²) in [5, 5.41) is 0. The zero-order valence-corrected chi connectivity index (χ0v) is 15.1. The molecule has 1 unspecified atom stereocenters. The lowest BCUT2D eigenvalue weighted by molar-refractivity contribution is -0.145. The summed E-state index contributed by atoms with van der Waals surface area (Å²) in [4.78, 5) is 28.0. The van der Waals surface area contributed by atoms with Crippen LogP contribution in [-0.2, 0) is 9.53 Å². The first-order valence-corrected chi connectivity index (χ1v) is 7.91. The molecule has 0 saturated carbocycles. The number of hydrogen-bond donors (Lipinski definition) is 0. The minimum atomic E-state index is -0.358. The molecular formula is C16H23BrN2O3. The summed E-state index contributed by atoms with van der Waals surface area (Å²) in [5.74, 6) is -0.751. The van der Waals surface area contributed by atoms with Crippen molar-refractivity contribution in [3.63, 3.8) is 0 Å². The molecule has 0 fully saturated rings. The van der Waals surface area contributed by atoms with E-state index in [1.165, 1.54) is 7.11 Å². The number of rotatable bonds is 7. The summed E-state index contributed by atoms with van der Waals surface area (Å²) in [5.41, 5.74) is 0.602. The monoisotopic (exact) mass is 370 g/mol. The minimum Gasteiger partial charge on any atom is -0.469 e. The number of carbonyl (C=O) groups excluding carboxylic acids is 2. The molecule has 0 spiro atoms. The Morgan fingerprint density at radius 2 is 1.95 bits per heavy atom. The van der Waals surface area contributed by atoms with Gasteiger partial charge in [-0.25, -0.2) is 0 Å². The van der Waals surface area contributed by atoms with Gasteiger partial charge in [-0.3, -0.25) is 9.59 Å². The predicted octanol–water partition coefficient (Wildman–Crippen LogP) is 2.26. The van der Waals surface area contributed by atoms with Crippen LogP contribution in [0.5, 0.6) is 0 Å². The van der Waals surface area contributed by atoms with Crippen LogP contribution in [0.25, 0.3) is 0 Å². The molecule has 1 amide bonds. The van der Waals surface area contributed by atoms with Crippen molar-refractivity contribution in [1.29, 1.82) is 0 Å². The molecule has 0 aromatic heterocycles. The lowest BCUT2D eigenvalue weighted by atomic mass is 10.1. The van der Waals surface area contributed by atoms with Crippen molar-refractivity contribution in [3.05, 3.63) is 34.3 Å². The standard InChI is InChI=1S/C16H23BrN2O3/c1-12(16(21)22-4)11-19(9-8-18(2)3)15(20)13-6-5-7-14(17)10-13/h5-7,10,12H,8-9,11H2,1-4H3. The van der Waals surface area contributed by atoms with Crippen LogP contribution in [0.15, 0.2) is 28.7 Å². The van der Waals surface area contributed by atoms with Crippen LogP contribution >= 0.6 is 15.9 Å². The molecule has 0 aliphatic carbocycles. The first-order chi connectivity index (χ1) is 10.3. The second-order valence-electron chi connectivity index (χ2n) is 5.49. The molecule has 1 aromatic rings. The highest BCUT2D eigenvalue weighted by molar-refractivity contribution is 9.10. The topological polar surface area (TPSA) is 49.9 Å². The molecular weight excluding hydrogens is 348 g/mol. The summed E-state index contributed by atoms with van der Waals surface area (Å²) in [6, 6.07) is 7.26. The fourth-order valence-corrected chi connectivity index (χ4v) is 2.41. The van der Waals surface area contributed by atoms with Crippen molar-refractivity contribution in [2.24, 2.45) is 5.92 Å². The first-order valence-electron chi connectivity index (χ1n) is 7.12. The molecule has 5 nitrogen and oxygen atoms in total. The van der Waals surface area contributed by atoms with Crippen LogP contribution in [0.2, 0.25) is 0 Å². The number of carbonyl (C=O) groups is 2. The van der Waals surface area contributed by atoms with Crippen molar-refractivity contribution >= 4 is 27.8 Å². The van der Waals surface area contributed by atoms with Crippen LogP contribution in [0.1, 0.15) is 17.3 Å². The summed E-state index contributed by atoms with van der Waals surface area (Å²) in [7, 11) is 5.26. The Hall–Kier alpha value is -1.40. The van der Waals surface area contributed by atoms with Gasteiger partial charge in [0.2, 0.25) is 0 Å². The van der Waals surface area contributed by atoms with Crippen molar-refractivity contribution in [2.45, 2.75) is 6.92 Å². The fraction of sp³-hybridized carbons (Fsp3) is 0.500. The van der Waals surface area contributed by atoms with E-state index in [4.69, 9.17) is 4.74 Å². The zero-order valence-electron chi connectivity index (χ0n) is 13.5. The number of ether oxygens (including phenoxy) is 1. The number of amides is 1. The maximum absolute atomic E-state index is 12.7. The number of benzene rings is 1. The summed E-state index contributed by atoms with van der Waals surface area (Å²) < 4.78 is 5.60. The number of methoxy groups -OCH3 is 1. The largest absolute Gasteiger partial charge is 0.469 e. The Balaban J connectivity index is 2.88. The molecule has 0 saturated heterocycles. The Labute approximate surface area is 140 Å². The van der Waals surface area contributed by atoms with Crippen molar-refractivity contribution in [2.75, 3.05) is 40.8 Å². The second kappa shape index (κ2) is 8.90. The Kier molecular flexibility index (Phi) is 7.55. The molecule has 6 heteroatoms. The summed E-state index contributed by atoms with van der Waals surface area (Å²) in [6.45, 7) is 3.39. The van der Waals surface area contributed by atoms with Gasteiger partial charge in [0.15, 0.2) is 0 Å². The van der Waals surface area contributed by atoms with E-state index in [0.717, 1.165) is 11.0 Å². The number of halogens is 1. The molecule has 0 aliphatic rings. The van der Waals surface area contributed by atoms with Gasteiger partial charge in [-0.2, -0.15) is 0 Å². The van der Waals surface area contributed by atoms with E-state index in [2.05, 4.69) is 15.9 Å². The average molecular weight is 371 g/mol. The van der Waals surface area contributed by atoms with Gasteiger partial charge in [0.25, 0.3) is 5.91 Å². The van der Waals surface area contributed by atoms with Gasteiger partial charge >= 0.3 is 5.97 Å². The number of hydrogen-bond acceptors (Lipinski definition) is 4. The Morgan fingerprint density at radius 3 is 2.50 bits per heavy atom. The number of nitrogens with zero attached hydrogens (tertiary/aromatic N) is 2. The predicted molar refractivity (Wildman–Crippen MR) is 89.8 cm³/mol. The molecule has 0 aliphatic heterocycles. The quantitative estimate of drug-likeness (QED) is 0.690. The van der Waals surface area contributed by atoms with Gasteiger partial charge in [0.1, 0.15) is 0 Å². The summed E-state index contributed by atoms with van der Waals surface area (Å²) >= 11 is 3.37. The normalized spacial score (nSPS) is 12.1. The second-order valence-corrected chi connectivity index (χ2v) is 6.40. The van der Waals surface area contributed by atoms with E-state index in [1.807, 2.05) is 31.1 Å². The smallest absolute Gasteiger partial charge is 0.310 e. The Morgan fingerprint density at radius 1 is 1.27 bits per heavy atom.